The smallest absolute Gasteiger partial charge is 0.213 e. The number of aromatic nitrogens is 1. The number of nitrogens with one attached hydrogen (secondary N) is 2. The first-order chi connectivity index (χ1) is 8.93. The lowest BCUT2D eigenvalue weighted by molar-refractivity contribution is 0.356. The van der Waals surface area contributed by atoms with Gasteiger partial charge in [-0.05, 0) is 30.1 Å². The molecule has 19 heavy (non-hydrogen) atoms. The highest BCUT2D eigenvalue weighted by Gasteiger charge is 2.18. The SMILES string of the molecule is COc1ccc(NC(=S)NC(C(C)C)C(C)C)cn1. The van der Waals surface area contributed by atoms with Crippen LogP contribution in [0, 0.1) is 11.8 Å². The second kappa shape index (κ2) is 7.28. The first kappa shape index (κ1) is 15.7. The van der Waals surface area contributed by atoms with Crippen LogP contribution >= 0.6 is 12.2 Å². The molecule has 1 heterocycles. The van der Waals surface area contributed by atoms with Gasteiger partial charge in [0.15, 0.2) is 5.11 Å². The second-order valence-electron chi connectivity index (χ2n) is 5.20. The molecule has 2 N–H and O–H groups in total. The van der Waals surface area contributed by atoms with Crippen LogP contribution in [-0.2, 0) is 0 Å². The van der Waals surface area contributed by atoms with Crippen molar-refractivity contribution in [2.45, 2.75) is 33.7 Å². The summed E-state index contributed by atoms with van der Waals surface area (Å²) in [6.45, 7) is 8.76. The third kappa shape index (κ3) is 5.03. The van der Waals surface area contributed by atoms with Gasteiger partial charge >= 0.3 is 0 Å². The van der Waals surface area contributed by atoms with Crippen LogP contribution in [0.25, 0.3) is 0 Å². The summed E-state index contributed by atoms with van der Waals surface area (Å²) >= 11 is 5.33. The molecule has 0 aliphatic carbocycles. The van der Waals surface area contributed by atoms with Crippen LogP contribution in [0.1, 0.15) is 27.7 Å². The maximum atomic E-state index is 5.33. The summed E-state index contributed by atoms with van der Waals surface area (Å²) < 4.78 is 5.01. The van der Waals surface area contributed by atoms with E-state index in [0.717, 1.165) is 5.69 Å². The quantitative estimate of drug-likeness (QED) is 0.812. The molecule has 0 aromatic carbocycles. The number of pyridine rings is 1. The van der Waals surface area contributed by atoms with E-state index >= 15 is 0 Å². The van der Waals surface area contributed by atoms with Crippen LogP contribution in [0.2, 0.25) is 0 Å². The van der Waals surface area contributed by atoms with E-state index in [0.29, 0.717) is 28.9 Å². The minimum atomic E-state index is 0.353. The summed E-state index contributed by atoms with van der Waals surface area (Å²) in [5.74, 6) is 1.63. The van der Waals surface area contributed by atoms with Crippen molar-refractivity contribution in [1.82, 2.24) is 10.3 Å². The molecule has 106 valence electrons. The summed E-state index contributed by atoms with van der Waals surface area (Å²) in [6, 6.07) is 4.04. The Morgan fingerprint density at radius 1 is 1.21 bits per heavy atom. The Hall–Kier alpha value is -1.36. The van der Waals surface area contributed by atoms with E-state index in [1.54, 1.807) is 19.4 Å². The molecule has 5 heteroatoms. The van der Waals surface area contributed by atoms with Gasteiger partial charge in [0.25, 0.3) is 0 Å². The predicted molar refractivity (Wildman–Crippen MR) is 83.6 cm³/mol. The molecule has 0 saturated carbocycles. The van der Waals surface area contributed by atoms with Gasteiger partial charge in [-0.2, -0.15) is 0 Å². The van der Waals surface area contributed by atoms with Gasteiger partial charge in [0.1, 0.15) is 0 Å². The largest absolute Gasteiger partial charge is 0.481 e. The number of methoxy groups -OCH3 is 1. The van der Waals surface area contributed by atoms with Gasteiger partial charge in [-0.3, -0.25) is 0 Å². The number of ether oxygens (including phenoxy) is 1. The third-order valence-electron chi connectivity index (χ3n) is 2.94. The zero-order chi connectivity index (χ0) is 14.4. The molecule has 1 rings (SSSR count). The first-order valence-corrected chi connectivity index (χ1v) is 6.92. The van der Waals surface area contributed by atoms with E-state index in [-0.39, 0.29) is 0 Å². The van der Waals surface area contributed by atoms with Gasteiger partial charge in [0.05, 0.1) is 19.0 Å². The molecule has 0 atom stereocenters. The van der Waals surface area contributed by atoms with Crippen molar-refractivity contribution in [1.29, 1.82) is 0 Å². The van der Waals surface area contributed by atoms with E-state index in [1.165, 1.54) is 0 Å². The fourth-order valence-electron chi connectivity index (χ4n) is 2.00. The molecule has 0 saturated heterocycles. The Balaban J connectivity index is 2.58. The van der Waals surface area contributed by atoms with Crippen LogP contribution < -0.4 is 15.4 Å². The topological polar surface area (TPSA) is 46.2 Å². The van der Waals surface area contributed by atoms with Crippen molar-refractivity contribution >= 4 is 23.0 Å². The summed E-state index contributed by atoms with van der Waals surface area (Å²) in [5, 5.41) is 7.11. The van der Waals surface area contributed by atoms with Crippen molar-refractivity contribution in [2.75, 3.05) is 12.4 Å². The average Bonchev–Trinajstić information content (AvgIpc) is 2.36. The summed E-state index contributed by atoms with van der Waals surface area (Å²) in [6.07, 6.45) is 1.70. The highest BCUT2D eigenvalue weighted by Crippen LogP contribution is 2.14. The molecule has 0 spiro atoms. The molecule has 0 bridgehead atoms. The Labute approximate surface area is 121 Å². The molecule has 1 aromatic heterocycles. The zero-order valence-electron chi connectivity index (χ0n) is 12.2. The Morgan fingerprint density at radius 2 is 1.84 bits per heavy atom. The lowest BCUT2D eigenvalue weighted by Crippen LogP contribution is -2.44. The lowest BCUT2D eigenvalue weighted by atomic mass is 9.93. The van der Waals surface area contributed by atoms with Crippen molar-refractivity contribution in [2.24, 2.45) is 11.8 Å². The Morgan fingerprint density at radius 3 is 2.26 bits per heavy atom. The van der Waals surface area contributed by atoms with Gasteiger partial charge in [-0.1, -0.05) is 27.7 Å². The molecule has 4 nitrogen and oxygen atoms in total. The number of hydrogen-bond acceptors (Lipinski definition) is 3. The summed E-state index contributed by atoms with van der Waals surface area (Å²) in [5.41, 5.74) is 0.851. The fourth-order valence-corrected chi connectivity index (χ4v) is 2.25. The monoisotopic (exact) mass is 281 g/mol. The number of rotatable bonds is 5. The van der Waals surface area contributed by atoms with Gasteiger partial charge in [-0.15, -0.1) is 0 Å². The van der Waals surface area contributed by atoms with Crippen molar-refractivity contribution < 1.29 is 4.74 Å². The van der Waals surface area contributed by atoms with Gasteiger partial charge in [-0.25, -0.2) is 4.98 Å². The third-order valence-corrected chi connectivity index (χ3v) is 3.16. The van der Waals surface area contributed by atoms with Crippen molar-refractivity contribution in [3.05, 3.63) is 18.3 Å². The molecule has 0 aliphatic heterocycles. The van der Waals surface area contributed by atoms with Crippen molar-refractivity contribution in [3.63, 3.8) is 0 Å². The van der Waals surface area contributed by atoms with E-state index in [2.05, 4.69) is 43.3 Å². The molecule has 0 aliphatic rings. The second-order valence-corrected chi connectivity index (χ2v) is 5.61. The van der Waals surface area contributed by atoms with E-state index in [9.17, 15) is 0 Å². The molecule has 1 aromatic rings. The highest BCUT2D eigenvalue weighted by atomic mass is 32.1. The van der Waals surface area contributed by atoms with Gasteiger partial charge < -0.3 is 15.4 Å². The highest BCUT2D eigenvalue weighted by molar-refractivity contribution is 7.80. The number of nitrogens with zero attached hydrogens (tertiary/aromatic N) is 1. The zero-order valence-corrected chi connectivity index (χ0v) is 13.0. The van der Waals surface area contributed by atoms with Gasteiger partial charge in [0, 0.05) is 12.1 Å². The molecular weight excluding hydrogens is 258 g/mol. The summed E-state index contributed by atoms with van der Waals surface area (Å²) in [7, 11) is 1.59. The molecule has 0 radical (unpaired) electrons. The lowest BCUT2D eigenvalue weighted by Gasteiger charge is -2.27. The predicted octanol–water partition coefficient (Wildman–Crippen LogP) is 3.06. The Bertz CT molecular complexity index is 396. The standard InChI is InChI=1S/C14H23N3OS/c1-9(2)13(10(3)4)17-14(19)16-11-6-7-12(18-5)15-8-11/h6-10,13H,1-5H3,(H2,16,17,19). The number of thiocarbonyl (C=S) groups is 1. The van der Waals surface area contributed by atoms with Crippen LogP contribution in [0.4, 0.5) is 5.69 Å². The van der Waals surface area contributed by atoms with Crippen molar-refractivity contribution in [3.8, 4) is 5.88 Å². The fraction of sp³-hybridized carbons (Fsp3) is 0.571. The number of anilines is 1. The first-order valence-electron chi connectivity index (χ1n) is 6.51. The van der Waals surface area contributed by atoms with Crippen LogP contribution in [0.15, 0.2) is 18.3 Å². The normalized spacial score (nSPS) is 10.9. The minimum absolute atomic E-state index is 0.353. The molecule has 0 unspecified atom stereocenters. The molecule has 0 amide bonds. The van der Waals surface area contributed by atoms with Crippen LogP contribution in [-0.4, -0.2) is 23.2 Å². The maximum Gasteiger partial charge on any atom is 0.213 e. The van der Waals surface area contributed by atoms with Crippen LogP contribution in [0.3, 0.4) is 0 Å². The minimum Gasteiger partial charge on any atom is -0.481 e. The number of hydrogen-bond donors (Lipinski definition) is 2. The maximum absolute atomic E-state index is 5.33. The summed E-state index contributed by atoms with van der Waals surface area (Å²) in [4.78, 5) is 4.13. The Kier molecular flexibility index (Phi) is 6.02. The molecular formula is C14H23N3OS. The molecule has 0 fully saturated rings. The van der Waals surface area contributed by atoms with Crippen LogP contribution in [0.5, 0.6) is 5.88 Å². The van der Waals surface area contributed by atoms with E-state index < -0.39 is 0 Å². The van der Waals surface area contributed by atoms with E-state index in [1.807, 2.05) is 6.07 Å². The van der Waals surface area contributed by atoms with E-state index in [4.69, 9.17) is 17.0 Å². The average molecular weight is 281 g/mol. The van der Waals surface area contributed by atoms with Gasteiger partial charge in [0.2, 0.25) is 5.88 Å².